The van der Waals surface area contributed by atoms with Gasteiger partial charge in [-0.05, 0) is 50.5 Å². The molecule has 2 amide bonds. The zero-order chi connectivity index (χ0) is 27.1. The predicted molar refractivity (Wildman–Crippen MR) is 142 cm³/mol. The number of piperidine rings is 1. The summed E-state index contributed by atoms with van der Waals surface area (Å²) in [7, 11) is 2.02. The Balaban J connectivity index is 1.58. The lowest BCUT2D eigenvalue weighted by Crippen LogP contribution is -2.57. The second-order valence-electron chi connectivity index (χ2n) is 10.8. The molecule has 0 aromatic heterocycles. The highest BCUT2D eigenvalue weighted by atomic mass is 32.2. The van der Waals surface area contributed by atoms with E-state index in [1.807, 2.05) is 20.0 Å². The molecule has 0 aromatic rings. The van der Waals surface area contributed by atoms with Crippen molar-refractivity contribution in [2.45, 2.75) is 88.3 Å². The molecule has 212 valence electrons. The topological polar surface area (TPSA) is 132 Å². The van der Waals surface area contributed by atoms with Crippen molar-refractivity contribution in [2.75, 3.05) is 39.5 Å². The number of carbonyl (C=O) groups is 2. The third-order valence-corrected chi connectivity index (χ3v) is 8.55. The van der Waals surface area contributed by atoms with Gasteiger partial charge in [0.15, 0.2) is 0 Å². The Morgan fingerprint density at radius 1 is 1.24 bits per heavy atom. The van der Waals surface area contributed by atoms with E-state index in [2.05, 4.69) is 17.1 Å². The van der Waals surface area contributed by atoms with Crippen molar-refractivity contribution in [3.63, 3.8) is 0 Å². The van der Waals surface area contributed by atoms with Crippen LogP contribution in [0.2, 0.25) is 0 Å². The van der Waals surface area contributed by atoms with Gasteiger partial charge in [-0.1, -0.05) is 26.7 Å². The van der Waals surface area contributed by atoms with Crippen molar-refractivity contribution < 1.29 is 34.4 Å². The quantitative estimate of drug-likeness (QED) is 0.342. The van der Waals surface area contributed by atoms with Crippen LogP contribution in [-0.4, -0.2) is 112 Å². The molecule has 3 aliphatic rings. The van der Waals surface area contributed by atoms with Gasteiger partial charge in [-0.25, -0.2) is 4.79 Å². The van der Waals surface area contributed by atoms with Crippen molar-refractivity contribution >= 4 is 23.8 Å². The van der Waals surface area contributed by atoms with Gasteiger partial charge in [0.25, 0.3) is 0 Å². The van der Waals surface area contributed by atoms with Crippen LogP contribution in [0.25, 0.3) is 0 Å². The second-order valence-corrected chi connectivity index (χ2v) is 11.7. The number of likely N-dealkylation sites (tertiary alicyclic amines) is 1. The summed E-state index contributed by atoms with van der Waals surface area (Å²) in [5, 5.41) is 33.6. The standard InChI is InChI=1S/C26H45N3O7S/c1-5-6-17-7-12-29(26(34)35-18-8-10-28(3)11-9-18)19(14-17)24(33)27-15-16(2)13-20-21(30)22(31)23(32)25(36-20)37-4/h8,16-17,19-23,25,30-32H,5-7,9-15H2,1-4H3,(H,27,33). The van der Waals surface area contributed by atoms with Crippen LogP contribution in [0, 0.1) is 11.8 Å². The fraction of sp³-hybridized carbons (Fsp3) is 0.846. The van der Waals surface area contributed by atoms with Crippen LogP contribution < -0.4 is 5.32 Å². The molecular weight excluding hydrogens is 498 g/mol. The highest BCUT2D eigenvalue weighted by Gasteiger charge is 2.44. The van der Waals surface area contributed by atoms with Gasteiger partial charge in [0.1, 0.15) is 35.5 Å². The molecule has 0 aromatic carbocycles. The SMILES string of the molecule is CCCC1CCN(C(=O)OC2=CCN(C)CC2)C(C(=O)NCC(C)CC2OC(SC)C(O)C(O)C2O)C1. The Bertz CT molecular complexity index is 798. The zero-order valence-corrected chi connectivity index (χ0v) is 23.4. The molecule has 37 heavy (non-hydrogen) atoms. The number of hydrogen-bond donors (Lipinski definition) is 4. The Morgan fingerprint density at radius 2 is 2.00 bits per heavy atom. The van der Waals surface area contributed by atoms with E-state index in [0.29, 0.717) is 44.0 Å². The Kier molecular flexibility index (Phi) is 11.5. The van der Waals surface area contributed by atoms with E-state index < -0.39 is 42.0 Å². The van der Waals surface area contributed by atoms with Gasteiger partial charge in [0, 0.05) is 32.6 Å². The highest BCUT2D eigenvalue weighted by molar-refractivity contribution is 7.99. The smallest absolute Gasteiger partial charge is 0.415 e. The summed E-state index contributed by atoms with van der Waals surface area (Å²) in [6.07, 6.45) is 3.51. The maximum Gasteiger partial charge on any atom is 0.415 e. The van der Waals surface area contributed by atoms with Gasteiger partial charge in [-0.3, -0.25) is 9.69 Å². The average Bonchev–Trinajstić information content (AvgIpc) is 2.89. The number of ether oxygens (including phenoxy) is 2. The first kappa shape index (κ1) is 30.2. The molecule has 0 saturated carbocycles. The first-order valence-corrected chi connectivity index (χ1v) is 14.8. The molecule has 8 atom stereocenters. The summed E-state index contributed by atoms with van der Waals surface area (Å²) in [6, 6.07) is -0.591. The molecular formula is C26H45N3O7S. The van der Waals surface area contributed by atoms with Crippen molar-refractivity contribution in [2.24, 2.45) is 11.8 Å². The minimum atomic E-state index is -1.28. The lowest BCUT2D eigenvalue weighted by molar-refractivity contribution is -0.201. The van der Waals surface area contributed by atoms with Gasteiger partial charge < -0.3 is 35.0 Å². The van der Waals surface area contributed by atoms with Gasteiger partial charge in [-0.2, -0.15) is 0 Å². The summed E-state index contributed by atoms with van der Waals surface area (Å²) in [5.74, 6) is 0.776. The first-order chi connectivity index (χ1) is 17.6. The third kappa shape index (κ3) is 8.06. The van der Waals surface area contributed by atoms with E-state index in [4.69, 9.17) is 9.47 Å². The van der Waals surface area contributed by atoms with Gasteiger partial charge >= 0.3 is 6.09 Å². The Morgan fingerprint density at radius 3 is 2.65 bits per heavy atom. The number of nitrogens with zero attached hydrogens (tertiary/aromatic N) is 2. The van der Waals surface area contributed by atoms with E-state index in [0.717, 1.165) is 32.4 Å². The number of carbonyl (C=O) groups excluding carboxylic acids is 2. The largest absolute Gasteiger partial charge is 0.415 e. The molecule has 2 fully saturated rings. The van der Waals surface area contributed by atoms with E-state index in [9.17, 15) is 24.9 Å². The molecule has 0 bridgehead atoms. The maximum absolute atomic E-state index is 13.3. The number of hydrogen-bond acceptors (Lipinski definition) is 9. The van der Waals surface area contributed by atoms with Crippen LogP contribution in [0.1, 0.15) is 52.4 Å². The minimum Gasteiger partial charge on any atom is -0.415 e. The number of nitrogens with one attached hydrogen (secondary N) is 1. The van der Waals surface area contributed by atoms with Gasteiger partial charge in [0.05, 0.1) is 6.10 Å². The molecule has 3 rings (SSSR count). The number of likely N-dealkylation sites (N-methyl/N-ethyl adjacent to an activating group) is 1. The molecule has 3 aliphatic heterocycles. The van der Waals surface area contributed by atoms with Crippen molar-refractivity contribution in [1.82, 2.24) is 15.1 Å². The normalized spacial score (nSPS) is 34.0. The molecule has 10 nitrogen and oxygen atoms in total. The Labute approximate surface area is 224 Å². The van der Waals surface area contributed by atoms with Crippen LogP contribution in [0.4, 0.5) is 4.79 Å². The molecule has 0 aliphatic carbocycles. The number of amides is 2. The van der Waals surface area contributed by atoms with Crippen molar-refractivity contribution in [1.29, 1.82) is 0 Å². The molecule has 2 saturated heterocycles. The van der Waals surface area contributed by atoms with Crippen LogP contribution in [-0.2, 0) is 14.3 Å². The van der Waals surface area contributed by atoms with E-state index in [-0.39, 0.29) is 11.8 Å². The van der Waals surface area contributed by atoms with E-state index in [1.54, 1.807) is 11.2 Å². The second kappa shape index (κ2) is 14.1. The van der Waals surface area contributed by atoms with Gasteiger partial charge in [-0.15, -0.1) is 11.8 Å². The summed E-state index contributed by atoms with van der Waals surface area (Å²) in [6.45, 7) is 6.44. The molecule has 4 N–H and O–H groups in total. The summed E-state index contributed by atoms with van der Waals surface area (Å²) >= 11 is 1.28. The van der Waals surface area contributed by atoms with Gasteiger partial charge in [0.2, 0.25) is 5.91 Å². The van der Waals surface area contributed by atoms with E-state index in [1.165, 1.54) is 11.8 Å². The molecule has 8 unspecified atom stereocenters. The summed E-state index contributed by atoms with van der Waals surface area (Å²) < 4.78 is 11.5. The summed E-state index contributed by atoms with van der Waals surface area (Å²) in [4.78, 5) is 30.1. The predicted octanol–water partition coefficient (Wildman–Crippen LogP) is 1.54. The summed E-state index contributed by atoms with van der Waals surface area (Å²) in [5.41, 5.74) is -0.623. The number of thioether (sulfide) groups is 1. The van der Waals surface area contributed by atoms with Crippen molar-refractivity contribution in [3.05, 3.63) is 11.8 Å². The van der Waals surface area contributed by atoms with Crippen LogP contribution in [0.3, 0.4) is 0 Å². The van der Waals surface area contributed by atoms with Crippen LogP contribution in [0.5, 0.6) is 0 Å². The first-order valence-electron chi connectivity index (χ1n) is 13.5. The molecule has 11 heteroatoms. The molecule has 0 radical (unpaired) electrons. The van der Waals surface area contributed by atoms with Crippen LogP contribution in [0.15, 0.2) is 11.8 Å². The zero-order valence-electron chi connectivity index (χ0n) is 22.5. The van der Waals surface area contributed by atoms with E-state index >= 15 is 0 Å². The molecule has 3 heterocycles. The lowest BCUT2D eigenvalue weighted by atomic mass is 9.87. The molecule has 0 spiro atoms. The lowest BCUT2D eigenvalue weighted by Gasteiger charge is -2.41. The fourth-order valence-corrected chi connectivity index (χ4v) is 6.06. The monoisotopic (exact) mass is 543 g/mol. The van der Waals surface area contributed by atoms with Crippen molar-refractivity contribution in [3.8, 4) is 0 Å². The third-order valence-electron chi connectivity index (χ3n) is 7.69. The number of aliphatic hydroxyl groups excluding tert-OH is 3. The number of rotatable bonds is 9. The van der Waals surface area contributed by atoms with Crippen LogP contribution >= 0.6 is 11.8 Å². The Hall–Kier alpha value is -1.37. The number of aliphatic hydroxyl groups is 3. The fourth-order valence-electron chi connectivity index (χ4n) is 5.37. The average molecular weight is 544 g/mol. The highest BCUT2D eigenvalue weighted by Crippen LogP contribution is 2.31. The minimum absolute atomic E-state index is 0.0617. The maximum atomic E-state index is 13.3.